The number of hydrogen-bond acceptors (Lipinski definition) is 4. The van der Waals surface area contributed by atoms with Gasteiger partial charge in [0.2, 0.25) is 5.95 Å². The van der Waals surface area contributed by atoms with Crippen LogP contribution in [0.3, 0.4) is 0 Å². The summed E-state index contributed by atoms with van der Waals surface area (Å²) >= 11 is 0. The molecule has 152 valence electrons. The number of amides is 1. The van der Waals surface area contributed by atoms with Gasteiger partial charge >= 0.3 is 12.1 Å². The van der Waals surface area contributed by atoms with E-state index in [1.807, 2.05) is 48.5 Å². The van der Waals surface area contributed by atoms with Crippen molar-refractivity contribution in [3.8, 4) is 11.1 Å². The molecule has 1 amide bonds. The van der Waals surface area contributed by atoms with Crippen LogP contribution in [-0.2, 0) is 16.0 Å². The lowest BCUT2D eigenvalue weighted by Crippen LogP contribution is -2.42. The first-order valence-electron chi connectivity index (χ1n) is 9.47. The van der Waals surface area contributed by atoms with Gasteiger partial charge in [-0.1, -0.05) is 54.6 Å². The SMILES string of the molecule is O=C(NC(Cc1ccc(F)nc1)C(=O)O)OCC1c2ccccc2-c2ccccc21. The Morgan fingerprint density at radius 2 is 1.67 bits per heavy atom. The van der Waals surface area contributed by atoms with Gasteiger partial charge in [-0.2, -0.15) is 4.39 Å². The molecule has 1 aliphatic carbocycles. The van der Waals surface area contributed by atoms with Gasteiger partial charge in [0, 0.05) is 18.5 Å². The summed E-state index contributed by atoms with van der Waals surface area (Å²) in [5.74, 6) is -1.99. The molecule has 30 heavy (non-hydrogen) atoms. The molecular formula is C23H19FN2O4. The molecule has 0 aliphatic heterocycles. The number of fused-ring (bicyclic) bond motifs is 3. The number of hydrogen-bond donors (Lipinski definition) is 2. The van der Waals surface area contributed by atoms with E-state index in [0.717, 1.165) is 28.3 Å². The van der Waals surface area contributed by atoms with Crippen LogP contribution in [0.2, 0.25) is 0 Å². The predicted octanol–water partition coefficient (Wildman–Crippen LogP) is 3.76. The van der Waals surface area contributed by atoms with Crippen molar-refractivity contribution in [3.05, 3.63) is 89.5 Å². The molecule has 0 spiro atoms. The Balaban J connectivity index is 1.43. The summed E-state index contributed by atoms with van der Waals surface area (Å²) in [5, 5.41) is 11.8. The zero-order chi connectivity index (χ0) is 21.1. The molecule has 0 fully saturated rings. The van der Waals surface area contributed by atoms with Crippen LogP contribution in [0.15, 0.2) is 66.9 Å². The number of ether oxygens (including phenoxy) is 1. The Morgan fingerprint density at radius 3 is 2.23 bits per heavy atom. The number of halogens is 1. The monoisotopic (exact) mass is 406 g/mol. The topological polar surface area (TPSA) is 88.5 Å². The maximum atomic E-state index is 12.9. The second-order valence-electron chi connectivity index (χ2n) is 7.05. The molecule has 4 rings (SSSR count). The van der Waals surface area contributed by atoms with Gasteiger partial charge in [-0.05, 0) is 33.9 Å². The number of carbonyl (C=O) groups excluding carboxylic acids is 1. The second-order valence-corrected chi connectivity index (χ2v) is 7.05. The summed E-state index contributed by atoms with van der Waals surface area (Å²) in [5.41, 5.74) is 4.84. The molecule has 1 aromatic heterocycles. The van der Waals surface area contributed by atoms with Crippen LogP contribution in [0, 0.1) is 5.95 Å². The van der Waals surface area contributed by atoms with Crippen LogP contribution < -0.4 is 5.32 Å². The van der Waals surface area contributed by atoms with Gasteiger partial charge in [-0.3, -0.25) is 0 Å². The number of pyridine rings is 1. The summed E-state index contributed by atoms with van der Waals surface area (Å²) in [6, 6.07) is 17.2. The molecule has 6 nitrogen and oxygen atoms in total. The number of carboxylic acids is 1. The summed E-state index contributed by atoms with van der Waals surface area (Å²) < 4.78 is 18.3. The Hall–Kier alpha value is -3.74. The van der Waals surface area contributed by atoms with Crippen molar-refractivity contribution in [3.63, 3.8) is 0 Å². The minimum atomic E-state index is -1.21. The molecule has 1 unspecified atom stereocenters. The molecule has 2 aromatic carbocycles. The number of carbonyl (C=O) groups is 2. The number of nitrogens with zero attached hydrogens (tertiary/aromatic N) is 1. The number of nitrogens with one attached hydrogen (secondary N) is 1. The molecular weight excluding hydrogens is 387 g/mol. The maximum Gasteiger partial charge on any atom is 0.407 e. The number of aromatic nitrogens is 1. The smallest absolute Gasteiger partial charge is 0.407 e. The lowest BCUT2D eigenvalue weighted by Gasteiger charge is -2.17. The van der Waals surface area contributed by atoms with Crippen molar-refractivity contribution in [1.82, 2.24) is 10.3 Å². The zero-order valence-electron chi connectivity index (χ0n) is 15.9. The standard InChI is InChI=1S/C23H19FN2O4/c24-21-10-9-14(12-25-21)11-20(22(27)28)26-23(29)30-13-19-17-7-3-1-5-15(17)16-6-2-4-8-18(16)19/h1-10,12,19-20H,11,13H2,(H,26,29)(H,27,28). The maximum absolute atomic E-state index is 12.9. The molecule has 3 aromatic rings. The summed E-state index contributed by atoms with van der Waals surface area (Å²) in [6.45, 7) is 0.0876. The molecule has 0 saturated carbocycles. The quantitative estimate of drug-likeness (QED) is 0.609. The van der Waals surface area contributed by atoms with Crippen LogP contribution in [0.4, 0.5) is 9.18 Å². The highest BCUT2D eigenvalue weighted by Crippen LogP contribution is 2.44. The van der Waals surface area contributed by atoms with Gasteiger partial charge in [0.15, 0.2) is 0 Å². The predicted molar refractivity (Wildman–Crippen MR) is 108 cm³/mol. The molecule has 0 bridgehead atoms. The molecule has 0 saturated heterocycles. The van der Waals surface area contributed by atoms with E-state index in [4.69, 9.17) is 4.74 Å². The fourth-order valence-electron chi connectivity index (χ4n) is 3.75. The first-order valence-corrected chi connectivity index (χ1v) is 9.47. The number of benzene rings is 2. The van der Waals surface area contributed by atoms with E-state index in [9.17, 15) is 19.1 Å². The van der Waals surface area contributed by atoms with Crippen molar-refractivity contribution in [2.24, 2.45) is 0 Å². The highest BCUT2D eigenvalue weighted by atomic mass is 19.1. The summed E-state index contributed by atoms with van der Waals surface area (Å²) in [7, 11) is 0. The van der Waals surface area contributed by atoms with Crippen LogP contribution in [0.1, 0.15) is 22.6 Å². The Kier molecular flexibility index (Phi) is 5.43. The van der Waals surface area contributed by atoms with Gasteiger partial charge in [0.25, 0.3) is 0 Å². The highest BCUT2D eigenvalue weighted by molar-refractivity contribution is 5.81. The summed E-state index contributed by atoms with van der Waals surface area (Å²) in [4.78, 5) is 27.3. The van der Waals surface area contributed by atoms with E-state index in [0.29, 0.717) is 5.56 Å². The van der Waals surface area contributed by atoms with Crippen molar-refractivity contribution >= 4 is 12.1 Å². The Bertz CT molecular complexity index is 1040. The van der Waals surface area contributed by atoms with E-state index in [1.165, 1.54) is 12.3 Å². The Morgan fingerprint density at radius 1 is 1.03 bits per heavy atom. The average molecular weight is 406 g/mol. The van der Waals surface area contributed by atoms with Gasteiger partial charge in [-0.15, -0.1) is 0 Å². The van der Waals surface area contributed by atoms with Crippen molar-refractivity contribution in [2.75, 3.05) is 6.61 Å². The number of alkyl carbamates (subject to hydrolysis) is 1. The first kappa shape index (κ1) is 19.6. The fraction of sp³-hybridized carbons (Fsp3) is 0.174. The van der Waals surface area contributed by atoms with Gasteiger partial charge in [-0.25, -0.2) is 14.6 Å². The van der Waals surface area contributed by atoms with Crippen LogP contribution >= 0.6 is 0 Å². The van der Waals surface area contributed by atoms with Gasteiger partial charge in [0.1, 0.15) is 12.6 Å². The molecule has 0 radical (unpaired) electrons. The van der Waals surface area contributed by atoms with Gasteiger partial charge < -0.3 is 15.2 Å². The van der Waals surface area contributed by atoms with E-state index in [-0.39, 0.29) is 18.9 Å². The minimum Gasteiger partial charge on any atom is -0.480 e. The van der Waals surface area contributed by atoms with Crippen LogP contribution in [0.5, 0.6) is 0 Å². The second kappa shape index (κ2) is 8.32. The normalized spacial score (nSPS) is 13.2. The van der Waals surface area contributed by atoms with Crippen LogP contribution in [-0.4, -0.2) is 34.8 Å². The molecule has 1 aliphatic rings. The van der Waals surface area contributed by atoms with E-state index in [1.54, 1.807) is 0 Å². The van der Waals surface area contributed by atoms with E-state index in [2.05, 4.69) is 10.3 Å². The minimum absolute atomic E-state index is 0.0349. The van der Waals surface area contributed by atoms with Crippen molar-refractivity contribution < 1.29 is 23.8 Å². The number of carboxylic acid groups (broad SMARTS) is 1. The van der Waals surface area contributed by atoms with Gasteiger partial charge in [0.05, 0.1) is 0 Å². The van der Waals surface area contributed by atoms with Crippen molar-refractivity contribution in [2.45, 2.75) is 18.4 Å². The first-order chi connectivity index (χ1) is 14.5. The third-order valence-electron chi connectivity index (χ3n) is 5.16. The molecule has 7 heteroatoms. The molecule has 1 heterocycles. The molecule has 2 N–H and O–H groups in total. The number of rotatable bonds is 6. The Labute approximate surface area is 172 Å². The third-order valence-corrected chi connectivity index (χ3v) is 5.16. The summed E-state index contributed by atoms with van der Waals surface area (Å²) in [6.07, 6.45) is 0.386. The van der Waals surface area contributed by atoms with Crippen molar-refractivity contribution in [1.29, 1.82) is 0 Å². The lowest BCUT2D eigenvalue weighted by atomic mass is 9.98. The molecule has 1 atom stereocenters. The average Bonchev–Trinajstić information content (AvgIpc) is 3.07. The third kappa shape index (κ3) is 4.00. The lowest BCUT2D eigenvalue weighted by molar-refractivity contribution is -0.139. The van der Waals surface area contributed by atoms with E-state index >= 15 is 0 Å². The zero-order valence-corrected chi connectivity index (χ0v) is 15.9. The van der Waals surface area contributed by atoms with E-state index < -0.39 is 24.1 Å². The number of aliphatic carboxylic acids is 1. The highest BCUT2D eigenvalue weighted by Gasteiger charge is 2.29. The fourth-order valence-corrected chi connectivity index (χ4v) is 3.75. The van der Waals surface area contributed by atoms with Crippen LogP contribution in [0.25, 0.3) is 11.1 Å². The largest absolute Gasteiger partial charge is 0.480 e.